The third-order valence-corrected chi connectivity index (χ3v) is 3.18. The zero-order valence-electron chi connectivity index (χ0n) is 10.6. The van der Waals surface area contributed by atoms with E-state index >= 15 is 0 Å². The van der Waals surface area contributed by atoms with Crippen molar-refractivity contribution in [3.63, 3.8) is 0 Å². The molecule has 0 amide bonds. The largest absolute Gasteiger partial charge is 0.477 e. The Kier molecular flexibility index (Phi) is 3.61. The molecule has 0 aromatic rings. The lowest BCUT2D eigenvalue weighted by Gasteiger charge is -2.31. The molecule has 3 rings (SSSR count). The van der Waals surface area contributed by atoms with Gasteiger partial charge in [-0.25, -0.2) is 9.59 Å². The van der Waals surface area contributed by atoms with Gasteiger partial charge in [0.15, 0.2) is 6.29 Å². The minimum atomic E-state index is -1.39. The van der Waals surface area contributed by atoms with Gasteiger partial charge in [-0.15, -0.1) is 0 Å². The molecule has 1 N–H and O–H groups in total. The standard InChI is InChI=1S/C11H14O9/c1-2-15-8(14)11-16-3-4-5(18-11)6-9(17-4)20-10(19-6)7(12)13/h4-6,9-11H,2-3H2,1H3,(H,12,13). The molecule has 0 aromatic heterocycles. The van der Waals surface area contributed by atoms with E-state index in [0.717, 1.165) is 0 Å². The van der Waals surface area contributed by atoms with Gasteiger partial charge in [-0.2, -0.15) is 0 Å². The lowest BCUT2D eigenvalue weighted by Crippen LogP contribution is -2.49. The number of rotatable bonds is 3. The maximum Gasteiger partial charge on any atom is 0.363 e. The van der Waals surface area contributed by atoms with Gasteiger partial charge in [-0.3, -0.25) is 0 Å². The number of esters is 1. The second kappa shape index (κ2) is 5.26. The lowest BCUT2D eigenvalue weighted by atomic mass is 10.1. The van der Waals surface area contributed by atoms with Crippen molar-refractivity contribution in [2.75, 3.05) is 13.2 Å². The number of carbonyl (C=O) groups excluding carboxylic acids is 1. The highest BCUT2D eigenvalue weighted by Crippen LogP contribution is 2.37. The number of fused-ring (bicyclic) bond motifs is 3. The number of hydrogen-bond donors (Lipinski definition) is 1. The molecule has 0 aliphatic carbocycles. The number of carbonyl (C=O) groups is 2. The van der Waals surface area contributed by atoms with Crippen LogP contribution in [0.5, 0.6) is 0 Å². The highest BCUT2D eigenvalue weighted by Gasteiger charge is 2.57. The van der Waals surface area contributed by atoms with Crippen molar-refractivity contribution < 1.29 is 43.1 Å². The first-order valence-electron chi connectivity index (χ1n) is 6.23. The van der Waals surface area contributed by atoms with Crippen LogP contribution in [-0.4, -0.2) is 67.4 Å². The maximum absolute atomic E-state index is 11.6. The molecule has 6 atom stereocenters. The molecule has 6 unspecified atom stereocenters. The van der Waals surface area contributed by atoms with Crippen LogP contribution in [-0.2, 0) is 38.0 Å². The van der Waals surface area contributed by atoms with E-state index in [1.807, 2.05) is 0 Å². The number of aliphatic carboxylic acids is 1. The van der Waals surface area contributed by atoms with Crippen molar-refractivity contribution in [1.29, 1.82) is 0 Å². The van der Waals surface area contributed by atoms with Crippen molar-refractivity contribution in [1.82, 2.24) is 0 Å². The quantitative estimate of drug-likeness (QED) is 0.643. The molecule has 3 fully saturated rings. The molecule has 9 nitrogen and oxygen atoms in total. The van der Waals surface area contributed by atoms with Crippen LogP contribution in [0.4, 0.5) is 0 Å². The van der Waals surface area contributed by atoms with Crippen molar-refractivity contribution in [3.8, 4) is 0 Å². The van der Waals surface area contributed by atoms with E-state index in [9.17, 15) is 9.59 Å². The second-order valence-electron chi connectivity index (χ2n) is 4.47. The number of carboxylic acid groups (broad SMARTS) is 1. The van der Waals surface area contributed by atoms with Crippen LogP contribution < -0.4 is 0 Å². The predicted molar refractivity (Wildman–Crippen MR) is 57.3 cm³/mol. The SMILES string of the molecule is CCOC(=O)C1OCC2OC3OC(C(=O)O)OC3C2O1. The van der Waals surface area contributed by atoms with Crippen LogP contribution in [0.2, 0.25) is 0 Å². The van der Waals surface area contributed by atoms with Crippen LogP contribution >= 0.6 is 0 Å². The molecule has 3 heterocycles. The molecule has 3 saturated heterocycles. The van der Waals surface area contributed by atoms with Gasteiger partial charge in [0, 0.05) is 0 Å². The molecule has 0 aromatic carbocycles. The number of ether oxygens (including phenoxy) is 6. The van der Waals surface area contributed by atoms with Gasteiger partial charge in [0.2, 0.25) is 0 Å². The van der Waals surface area contributed by atoms with Gasteiger partial charge in [0.1, 0.15) is 18.3 Å². The molecule has 20 heavy (non-hydrogen) atoms. The highest BCUT2D eigenvalue weighted by atomic mass is 16.9. The molecule has 112 valence electrons. The van der Waals surface area contributed by atoms with Gasteiger partial charge >= 0.3 is 11.9 Å². The van der Waals surface area contributed by atoms with Gasteiger partial charge < -0.3 is 33.5 Å². The van der Waals surface area contributed by atoms with Crippen LogP contribution in [0, 0.1) is 0 Å². The number of hydrogen-bond acceptors (Lipinski definition) is 8. The highest BCUT2D eigenvalue weighted by molar-refractivity contribution is 5.73. The molecule has 0 spiro atoms. The fraction of sp³-hybridized carbons (Fsp3) is 0.818. The Bertz CT molecular complexity index is 411. The Morgan fingerprint density at radius 1 is 1.15 bits per heavy atom. The summed E-state index contributed by atoms with van der Waals surface area (Å²) in [4.78, 5) is 22.4. The van der Waals surface area contributed by atoms with Crippen LogP contribution in [0.1, 0.15) is 6.92 Å². The van der Waals surface area contributed by atoms with Crippen LogP contribution in [0.15, 0.2) is 0 Å². The fourth-order valence-electron chi connectivity index (χ4n) is 2.36. The normalized spacial score (nSPS) is 42.9. The van der Waals surface area contributed by atoms with Crippen molar-refractivity contribution in [2.45, 2.75) is 44.1 Å². The Labute approximate surface area is 113 Å². The van der Waals surface area contributed by atoms with E-state index in [1.165, 1.54) is 0 Å². The molecule has 3 aliphatic heterocycles. The lowest BCUT2D eigenvalue weighted by molar-refractivity contribution is -0.269. The van der Waals surface area contributed by atoms with Crippen molar-refractivity contribution in [3.05, 3.63) is 0 Å². The summed E-state index contributed by atoms with van der Waals surface area (Å²) < 4.78 is 31.2. The topological polar surface area (TPSA) is 110 Å². The summed E-state index contributed by atoms with van der Waals surface area (Å²) >= 11 is 0. The minimum absolute atomic E-state index is 0.117. The Morgan fingerprint density at radius 3 is 2.60 bits per heavy atom. The van der Waals surface area contributed by atoms with Gasteiger partial charge in [-0.05, 0) is 6.92 Å². The van der Waals surface area contributed by atoms with E-state index in [-0.39, 0.29) is 13.2 Å². The summed E-state index contributed by atoms with van der Waals surface area (Å²) in [5, 5.41) is 8.83. The Morgan fingerprint density at radius 2 is 1.90 bits per heavy atom. The van der Waals surface area contributed by atoms with E-state index in [2.05, 4.69) is 0 Å². The predicted octanol–water partition coefficient (Wildman–Crippen LogP) is -1.16. The summed E-state index contributed by atoms with van der Waals surface area (Å²) in [6.07, 6.45) is -5.19. The van der Waals surface area contributed by atoms with Gasteiger partial charge in [-0.1, -0.05) is 0 Å². The van der Waals surface area contributed by atoms with Crippen molar-refractivity contribution in [2.24, 2.45) is 0 Å². The maximum atomic E-state index is 11.6. The Balaban J connectivity index is 1.65. The van der Waals surface area contributed by atoms with Crippen molar-refractivity contribution >= 4 is 11.9 Å². The summed E-state index contributed by atoms with van der Waals surface area (Å²) in [6.45, 7) is 1.99. The molecule has 3 aliphatic rings. The zero-order valence-corrected chi connectivity index (χ0v) is 10.6. The summed E-state index contributed by atoms with van der Waals surface area (Å²) in [7, 11) is 0. The van der Waals surface area contributed by atoms with Gasteiger partial charge in [0.05, 0.1) is 13.2 Å². The fourth-order valence-corrected chi connectivity index (χ4v) is 2.36. The first-order valence-corrected chi connectivity index (χ1v) is 6.23. The summed E-state index contributed by atoms with van der Waals surface area (Å²) in [6, 6.07) is 0. The Hall–Kier alpha value is -1.26. The zero-order chi connectivity index (χ0) is 14.3. The summed E-state index contributed by atoms with van der Waals surface area (Å²) in [5.74, 6) is -1.88. The molecule has 0 radical (unpaired) electrons. The first kappa shape index (κ1) is 13.7. The monoisotopic (exact) mass is 290 g/mol. The van der Waals surface area contributed by atoms with Crippen LogP contribution in [0.3, 0.4) is 0 Å². The summed E-state index contributed by atoms with van der Waals surface area (Å²) in [5.41, 5.74) is 0. The molecule has 0 bridgehead atoms. The second-order valence-corrected chi connectivity index (χ2v) is 4.47. The third-order valence-electron chi connectivity index (χ3n) is 3.18. The molecule has 9 heteroatoms. The molecule has 0 saturated carbocycles. The first-order chi connectivity index (χ1) is 9.60. The molecular formula is C11H14O9. The van der Waals surface area contributed by atoms with E-state index in [4.69, 9.17) is 33.5 Å². The molecular weight excluding hydrogens is 276 g/mol. The van der Waals surface area contributed by atoms with Crippen LogP contribution in [0.25, 0.3) is 0 Å². The smallest absolute Gasteiger partial charge is 0.363 e. The van der Waals surface area contributed by atoms with E-state index < -0.39 is 49.1 Å². The van der Waals surface area contributed by atoms with Gasteiger partial charge in [0.25, 0.3) is 12.6 Å². The minimum Gasteiger partial charge on any atom is -0.477 e. The number of carboxylic acids is 1. The third kappa shape index (κ3) is 2.27. The average molecular weight is 290 g/mol. The van der Waals surface area contributed by atoms with E-state index in [1.54, 1.807) is 6.92 Å². The average Bonchev–Trinajstić information content (AvgIpc) is 2.95. The van der Waals surface area contributed by atoms with E-state index in [0.29, 0.717) is 0 Å².